The molecular formula is C17H28N4O2S. The van der Waals surface area contributed by atoms with E-state index in [4.69, 9.17) is 0 Å². The summed E-state index contributed by atoms with van der Waals surface area (Å²) < 4.78 is 24.5. The van der Waals surface area contributed by atoms with Crippen molar-refractivity contribution in [3.05, 3.63) is 35.9 Å². The van der Waals surface area contributed by atoms with Crippen molar-refractivity contribution in [3.8, 4) is 0 Å². The van der Waals surface area contributed by atoms with Gasteiger partial charge in [-0.3, -0.25) is 4.99 Å². The normalized spacial score (nSPS) is 18.8. The lowest BCUT2D eigenvalue weighted by Crippen LogP contribution is -2.41. The lowest BCUT2D eigenvalue weighted by Gasteiger charge is -2.21. The molecule has 1 saturated heterocycles. The molecule has 1 aromatic rings. The predicted octanol–water partition coefficient (Wildman–Crippen LogP) is 1.07. The lowest BCUT2D eigenvalue weighted by atomic mass is 9.99. The van der Waals surface area contributed by atoms with E-state index in [-0.39, 0.29) is 0 Å². The molecule has 1 fully saturated rings. The summed E-state index contributed by atoms with van der Waals surface area (Å²) in [6.45, 7) is 3.17. The van der Waals surface area contributed by atoms with E-state index in [1.165, 1.54) is 18.2 Å². The van der Waals surface area contributed by atoms with Crippen LogP contribution < -0.4 is 10.0 Å². The summed E-state index contributed by atoms with van der Waals surface area (Å²) in [5, 5.41) is 3.32. The Morgan fingerprint density at radius 1 is 1.29 bits per heavy atom. The van der Waals surface area contributed by atoms with Gasteiger partial charge in [-0.2, -0.15) is 0 Å². The summed E-state index contributed by atoms with van der Waals surface area (Å²) in [4.78, 5) is 6.64. The monoisotopic (exact) mass is 352 g/mol. The summed E-state index contributed by atoms with van der Waals surface area (Å²) >= 11 is 0. The smallest absolute Gasteiger partial charge is 0.208 e. The van der Waals surface area contributed by atoms with Crippen LogP contribution in [0.5, 0.6) is 0 Å². The lowest BCUT2D eigenvalue weighted by molar-refractivity contribution is 0.459. The van der Waals surface area contributed by atoms with Crippen LogP contribution in [-0.4, -0.2) is 58.8 Å². The van der Waals surface area contributed by atoms with Crippen LogP contribution in [0.15, 0.2) is 35.3 Å². The molecule has 24 heavy (non-hydrogen) atoms. The van der Waals surface area contributed by atoms with Crippen LogP contribution in [0.3, 0.4) is 0 Å². The van der Waals surface area contributed by atoms with Crippen molar-refractivity contribution in [2.45, 2.75) is 19.3 Å². The molecule has 0 radical (unpaired) electrons. The summed E-state index contributed by atoms with van der Waals surface area (Å²) in [6, 6.07) is 10.6. The highest BCUT2D eigenvalue weighted by molar-refractivity contribution is 7.88. The van der Waals surface area contributed by atoms with Crippen LogP contribution in [0.1, 0.15) is 18.4 Å². The van der Waals surface area contributed by atoms with Crippen molar-refractivity contribution in [2.24, 2.45) is 10.9 Å². The molecule has 1 heterocycles. The zero-order valence-corrected chi connectivity index (χ0v) is 15.3. The molecule has 7 heteroatoms. The molecule has 1 unspecified atom stereocenters. The Bertz CT molecular complexity index is 631. The molecule has 134 valence electrons. The maximum absolute atomic E-state index is 11.0. The number of benzene rings is 1. The minimum absolute atomic E-state index is 0.444. The molecule has 1 aliphatic heterocycles. The van der Waals surface area contributed by atoms with Gasteiger partial charge in [0.15, 0.2) is 5.96 Å². The van der Waals surface area contributed by atoms with Gasteiger partial charge in [-0.15, -0.1) is 0 Å². The maximum Gasteiger partial charge on any atom is 0.208 e. The van der Waals surface area contributed by atoms with Crippen LogP contribution in [0, 0.1) is 5.92 Å². The summed E-state index contributed by atoms with van der Waals surface area (Å²) in [6.07, 6.45) is 4.18. The highest BCUT2D eigenvalue weighted by Crippen LogP contribution is 2.20. The standard InChI is InChI=1S/C17H28N4O2S/c1-18-17(19-10-6-11-20-24(2,22)23)21-12-9-16(14-21)13-15-7-4-3-5-8-15/h3-5,7-8,16,20H,6,9-14H2,1-2H3,(H,18,19). The fraction of sp³-hybridized carbons (Fsp3) is 0.588. The third-order valence-electron chi connectivity index (χ3n) is 4.17. The van der Waals surface area contributed by atoms with Crippen molar-refractivity contribution < 1.29 is 8.42 Å². The van der Waals surface area contributed by atoms with E-state index in [1.807, 2.05) is 0 Å². The van der Waals surface area contributed by atoms with Crippen molar-refractivity contribution in [1.82, 2.24) is 14.9 Å². The van der Waals surface area contributed by atoms with Gasteiger partial charge in [0.25, 0.3) is 0 Å². The SMILES string of the molecule is CN=C(NCCCNS(C)(=O)=O)N1CCC(Cc2ccccc2)C1. The largest absolute Gasteiger partial charge is 0.356 e. The topological polar surface area (TPSA) is 73.8 Å². The van der Waals surface area contributed by atoms with E-state index in [2.05, 4.69) is 50.3 Å². The van der Waals surface area contributed by atoms with Gasteiger partial charge in [-0.25, -0.2) is 13.1 Å². The Kier molecular flexibility index (Phi) is 7.05. The Morgan fingerprint density at radius 2 is 2.04 bits per heavy atom. The molecule has 0 saturated carbocycles. The zero-order chi connectivity index (χ0) is 17.4. The van der Waals surface area contributed by atoms with E-state index in [1.54, 1.807) is 7.05 Å². The number of nitrogens with one attached hydrogen (secondary N) is 2. The number of aliphatic imine (C=N–C) groups is 1. The molecule has 0 amide bonds. The van der Waals surface area contributed by atoms with E-state index < -0.39 is 10.0 Å². The molecule has 6 nitrogen and oxygen atoms in total. The molecule has 1 atom stereocenters. The first kappa shape index (κ1) is 18.7. The second kappa shape index (κ2) is 9.03. The molecular weight excluding hydrogens is 324 g/mol. The highest BCUT2D eigenvalue weighted by Gasteiger charge is 2.24. The van der Waals surface area contributed by atoms with E-state index in [9.17, 15) is 8.42 Å². The Labute approximate surface area is 145 Å². The molecule has 1 aliphatic rings. The van der Waals surface area contributed by atoms with Crippen LogP contribution in [0.25, 0.3) is 0 Å². The summed E-state index contributed by atoms with van der Waals surface area (Å²) in [5.74, 6) is 1.56. The van der Waals surface area contributed by atoms with Gasteiger partial charge < -0.3 is 10.2 Å². The van der Waals surface area contributed by atoms with Crippen molar-refractivity contribution in [1.29, 1.82) is 0 Å². The van der Waals surface area contributed by atoms with Crippen molar-refractivity contribution >= 4 is 16.0 Å². The molecule has 2 N–H and O–H groups in total. The maximum atomic E-state index is 11.0. The first-order valence-corrected chi connectivity index (χ1v) is 10.3. The molecule has 0 aliphatic carbocycles. The third-order valence-corrected chi connectivity index (χ3v) is 4.89. The average molecular weight is 353 g/mol. The van der Waals surface area contributed by atoms with Crippen LogP contribution in [0.4, 0.5) is 0 Å². The number of likely N-dealkylation sites (tertiary alicyclic amines) is 1. The summed E-state index contributed by atoms with van der Waals surface area (Å²) in [7, 11) is -1.31. The summed E-state index contributed by atoms with van der Waals surface area (Å²) in [5.41, 5.74) is 1.39. The Morgan fingerprint density at radius 3 is 2.71 bits per heavy atom. The van der Waals surface area contributed by atoms with E-state index >= 15 is 0 Å². The number of nitrogens with zero attached hydrogens (tertiary/aromatic N) is 2. The van der Waals surface area contributed by atoms with Crippen molar-refractivity contribution in [3.63, 3.8) is 0 Å². The average Bonchev–Trinajstić information content (AvgIpc) is 2.99. The molecule has 0 bridgehead atoms. The van der Waals surface area contributed by atoms with Crippen LogP contribution in [0.2, 0.25) is 0 Å². The minimum atomic E-state index is -3.10. The third kappa shape index (κ3) is 6.49. The van der Waals surface area contributed by atoms with Crippen LogP contribution in [-0.2, 0) is 16.4 Å². The van der Waals surface area contributed by atoms with Gasteiger partial charge >= 0.3 is 0 Å². The second-order valence-corrected chi connectivity index (χ2v) is 8.12. The van der Waals surface area contributed by atoms with E-state index in [0.29, 0.717) is 19.0 Å². The quantitative estimate of drug-likeness (QED) is 0.437. The second-order valence-electron chi connectivity index (χ2n) is 6.28. The Balaban J connectivity index is 1.72. The first-order valence-electron chi connectivity index (χ1n) is 8.42. The predicted molar refractivity (Wildman–Crippen MR) is 98.7 cm³/mol. The fourth-order valence-electron chi connectivity index (χ4n) is 3.02. The van der Waals surface area contributed by atoms with Gasteiger partial charge in [-0.05, 0) is 30.7 Å². The zero-order valence-electron chi connectivity index (χ0n) is 14.5. The Hall–Kier alpha value is -1.60. The number of rotatable bonds is 7. The van der Waals surface area contributed by atoms with Gasteiger partial charge in [0.2, 0.25) is 10.0 Å². The van der Waals surface area contributed by atoms with E-state index in [0.717, 1.165) is 31.9 Å². The minimum Gasteiger partial charge on any atom is -0.356 e. The molecule has 2 rings (SSSR count). The molecule has 0 aromatic heterocycles. The van der Waals surface area contributed by atoms with Gasteiger partial charge in [0.05, 0.1) is 6.26 Å². The van der Waals surface area contributed by atoms with Gasteiger partial charge in [-0.1, -0.05) is 30.3 Å². The molecule has 1 aromatic carbocycles. The van der Waals surface area contributed by atoms with Gasteiger partial charge in [0, 0.05) is 33.2 Å². The molecule has 0 spiro atoms. The fourth-order valence-corrected chi connectivity index (χ4v) is 3.53. The van der Waals surface area contributed by atoms with Crippen LogP contribution >= 0.6 is 0 Å². The number of sulfonamides is 1. The number of hydrogen-bond donors (Lipinski definition) is 2. The first-order chi connectivity index (χ1) is 11.5. The van der Waals surface area contributed by atoms with Gasteiger partial charge in [0.1, 0.15) is 0 Å². The number of guanidine groups is 1. The highest BCUT2D eigenvalue weighted by atomic mass is 32.2. The van der Waals surface area contributed by atoms with Crippen molar-refractivity contribution in [2.75, 3.05) is 39.5 Å². The number of hydrogen-bond acceptors (Lipinski definition) is 3.